The number of fused-ring (bicyclic) bond motifs is 1. The van der Waals surface area contributed by atoms with Crippen LogP contribution in [0.4, 0.5) is 0 Å². The number of benzene rings is 3. The maximum absolute atomic E-state index is 13.9. The summed E-state index contributed by atoms with van der Waals surface area (Å²) in [6.45, 7) is 2.50. The van der Waals surface area contributed by atoms with Crippen LogP contribution in [0.1, 0.15) is 68.4 Å². The van der Waals surface area contributed by atoms with Crippen molar-refractivity contribution in [1.29, 1.82) is 0 Å². The lowest BCUT2D eigenvalue weighted by molar-refractivity contribution is -0.132. The molecule has 1 aliphatic rings. The highest BCUT2D eigenvalue weighted by Gasteiger charge is 2.33. The van der Waals surface area contributed by atoms with E-state index in [2.05, 4.69) is 6.92 Å². The summed E-state index contributed by atoms with van der Waals surface area (Å²) in [7, 11) is 0. The van der Waals surface area contributed by atoms with Gasteiger partial charge in [0.1, 0.15) is 5.82 Å². The van der Waals surface area contributed by atoms with Gasteiger partial charge >= 0.3 is 0 Å². The van der Waals surface area contributed by atoms with E-state index in [1.54, 1.807) is 10.6 Å². The van der Waals surface area contributed by atoms with Crippen LogP contribution in [0.3, 0.4) is 0 Å². The Kier molecular flexibility index (Phi) is 8.12. The molecule has 1 fully saturated rings. The summed E-state index contributed by atoms with van der Waals surface area (Å²) in [5, 5.41) is 0.599. The minimum Gasteiger partial charge on any atom is -0.326 e. The second kappa shape index (κ2) is 12.0. The summed E-state index contributed by atoms with van der Waals surface area (Å²) >= 11 is 0. The molecule has 38 heavy (non-hydrogen) atoms. The maximum atomic E-state index is 13.9. The first kappa shape index (κ1) is 25.7. The van der Waals surface area contributed by atoms with Gasteiger partial charge in [-0.05, 0) is 48.6 Å². The van der Waals surface area contributed by atoms with E-state index in [9.17, 15) is 9.59 Å². The Morgan fingerprint density at radius 3 is 2.32 bits per heavy atom. The number of hydrogen-bond acceptors (Lipinski definition) is 3. The van der Waals surface area contributed by atoms with Gasteiger partial charge in [-0.1, -0.05) is 99.0 Å². The minimum atomic E-state index is -0.313. The highest BCUT2D eigenvalue weighted by molar-refractivity contribution is 5.92. The van der Waals surface area contributed by atoms with Gasteiger partial charge in [-0.3, -0.25) is 14.2 Å². The van der Waals surface area contributed by atoms with Crippen molar-refractivity contribution in [3.63, 3.8) is 0 Å². The first-order chi connectivity index (χ1) is 18.7. The second-order valence-electron chi connectivity index (χ2n) is 10.1. The third-order valence-corrected chi connectivity index (χ3v) is 7.54. The molecule has 1 unspecified atom stereocenters. The average Bonchev–Trinajstić information content (AvgIpc) is 2.97. The van der Waals surface area contributed by atoms with Crippen molar-refractivity contribution in [2.75, 3.05) is 0 Å². The van der Waals surface area contributed by atoms with Crippen LogP contribution in [0.25, 0.3) is 17.0 Å². The summed E-state index contributed by atoms with van der Waals surface area (Å²) < 4.78 is 1.79. The van der Waals surface area contributed by atoms with Crippen molar-refractivity contribution in [2.45, 2.75) is 64.1 Å². The standard InChI is InChI=1S/C33H35N3O2/c1-2-30(36(27-18-10-5-11-19-27)31(37)23-22-25-14-6-3-7-15-25)32-34-29-21-13-12-20-28(29)33(38)35(32)24-26-16-8-4-9-17-26/h3-4,6-9,12-17,20-23,27,30H,2,5,10-11,18-19,24H2,1H3. The SMILES string of the molecule is CCC(c1nc2ccccc2c(=O)n1Cc1ccccc1)N(C(=O)C=Cc1ccccc1)C1CCCCC1. The molecule has 4 aromatic rings. The summed E-state index contributed by atoms with van der Waals surface area (Å²) in [6.07, 6.45) is 9.59. The van der Waals surface area contributed by atoms with Crippen LogP contribution in [0.15, 0.2) is 95.8 Å². The van der Waals surface area contributed by atoms with E-state index in [1.165, 1.54) is 6.42 Å². The van der Waals surface area contributed by atoms with Gasteiger partial charge in [0.25, 0.3) is 5.56 Å². The Morgan fingerprint density at radius 2 is 1.61 bits per heavy atom. The fraction of sp³-hybridized carbons (Fsp3) is 0.303. The Hall–Kier alpha value is -3.99. The Morgan fingerprint density at radius 1 is 0.947 bits per heavy atom. The van der Waals surface area contributed by atoms with Crippen LogP contribution in [0.5, 0.6) is 0 Å². The van der Waals surface area contributed by atoms with E-state index in [4.69, 9.17) is 4.98 Å². The fourth-order valence-electron chi connectivity index (χ4n) is 5.63. The molecule has 5 heteroatoms. The van der Waals surface area contributed by atoms with Gasteiger partial charge in [0.2, 0.25) is 5.91 Å². The van der Waals surface area contributed by atoms with Crippen molar-refractivity contribution >= 4 is 22.9 Å². The molecular formula is C33H35N3O2. The van der Waals surface area contributed by atoms with E-state index < -0.39 is 0 Å². The zero-order valence-electron chi connectivity index (χ0n) is 22.0. The van der Waals surface area contributed by atoms with E-state index in [0.717, 1.165) is 36.8 Å². The Labute approximate surface area is 224 Å². The Bertz CT molecular complexity index is 1450. The van der Waals surface area contributed by atoms with Gasteiger partial charge in [0.15, 0.2) is 0 Å². The fourth-order valence-corrected chi connectivity index (χ4v) is 5.63. The molecule has 1 aromatic heterocycles. The molecule has 1 amide bonds. The molecule has 0 N–H and O–H groups in total. The molecule has 194 valence electrons. The van der Waals surface area contributed by atoms with Gasteiger partial charge < -0.3 is 4.90 Å². The van der Waals surface area contributed by atoms with Crippen LogP contribution in [0, 0.1) is 0 Å². The topological polar surface area (TPSA) is 55.2 Å². The summed E-state index contributed by atoms with van der Waals surface area (Å²) in [6, 6.07) is 27.2. The summed E-state index contributed by atoms with van der Waals surface area (Å²) in [5.74, 6) is 0.633. The number of para-hydroxylation sites is 1. The Balaban J connectivity index is 1.62. The van der Waals surface area contributed by atoms with Crippen molar-refractivity contribution in [3.8, 4) is 0 Å². The van der Waals surface area contributed by atoms with Crippen LogP contribution in [0.2, 0.25) is 0 Å². The van der Waals surface area contributed by atoms with E-state index in [-0.39, 0.29) is 23.6 Å². The second-order valence-corrected chi connectivity index (χ2v) is 10.1. The largest absolute Gasteiger partial charge is 0.326 e. The molecule has 0 radical (unpaired) electrons. The predicted octanol–water partition coefficient (Wildman–Crippen LogP) is 6.77. The number of amides is 1. The quantitative estimate of drug-likeness (QED) is 0.248. The number of nitrogens with zero attached hydrogens (tertiary/aromatic N) is 3. The molecule has 1 saturated carbocycles. The van der Waals surface area contributed by atoms with Gasteiger partial charge in [0.05, 0.1) is 23.5 Å². The van der Waals surface area contributed by atoms with Gasteiger partial charge in [-0.15, -0.1) is 0 Å². The maximum Gasteiger partial charge on any atom is 0.261 e. The van der Waals surface area contributed by atoms with Gasteiger partial charge in [-0.2, -0.15) is 0 Å². The molecule has 1 aliphatic carbocycles. The molecule has 5 nitrogen and oxygen atoms in total. The van der Waals surface area contributed by atoms with Crippen molar-refractivity contribution < 1.29 is 4.79 Å². The van der Waals surface area contributed by atoms with E-state index in [0.29, 0.717) is 29.7 Å². The molecule has 0 aliphatic heterocycles. The zero-order valence-corrected chi connectivity index (χ0v) is 22.0. The van der Waals surface area contributed by atoms with Gasteiger partial charge in [-0.25, -0.2) is 4.98 Å². The number of carbonyl (C=O) groups excluding carboxylic acids is 1. The number of aromatic nitrogens is 2. The summed E-state index contributed by atoms with van der Waals surface area (Å²) in [5.41, 5.74) is 2.62. The first-order valence-corrected chi connectivity index (χ1v) is 13.7. The molecule has 3 aromatic carbocycles. The summed E-state index contributed by atoms with van der Waals surface area (Å²) in [4.78, 5) is 34.9. The van der Waals surface area contributed by atoms with Crippen LogP contribution in [-0.4, -0.2) is 26.4 Å². The van der Waals surface area contributed by atoms with E-state index >= 15 is 0 Å². The number of carbonyl (C=O) groups is 1. The molecule has 0 saturated heterocycles. The van der Waals surface area contributed by atoms with Crippen LogP contribution >= 0.6 is 0 Å². The van der Waals surface area contributed by atoms with Crippen molar-refractivity contribution in [3.05, 3.63) is 118 Å². The highest BCUT2D eigenvalue weighted by atomic mass is 16.2. The monoisotopic (exact) mass is 505 g/mol. The third kappa shape index (κ3) is 5.62. The van der Waals surface area contributed by atoms with Crippen LogP contribution in [-0.2, 0) is 11.3 Å². The minimum absolute atomic E-state index is 0.0266. The molecular weight excluding hydrogens is 470 g/mol. The van der Waals surface area contributed by atoms with Crippen LogP contribution < -0.4 is 5.56 Å². The lowest BCUT2D eigenvalue weighted by atomic mass is 9.92. The highest BCUT2D eigenvalue weighted by Crippen LogP contribution is 2.33. The number of hydrogen-bond donors (Lipinski definition) is 0. The first-order valence-electron chi connectivity index (χ1n) is 13.7. The van der Waals surface area contributed by atoms with Crippen molar-refractivity contribution in [1.82, 2.24) is 14.5 Å². The molecule has 0 spiro atoms. The normalized spacial score (nSPS) is 15.1. The third-order valence-electron chi connectivity index (χ3n) is 7.54. The predicted molar refractivity (Wildman–Crippen MR) is 154 cm³/mol. The molecule has 1 atom stereocenters. The molecule has 0 bridgehead atoms. The lowest BCUT2D eigenvalue weighted by Gasteiger charge is -2.39. The zero-order chi connectivity index (χ0) is 26.3. The molecule has 5 rings (SSSR count). The average molecular weight is 506 g/mol. The molecule has 1 heterocycles. The smallest absolute Gasteiger partial charge is 0.261 e. The lowest BCUT2D eigenvalue weighted by Crippen LogP contribution is -2.45. The van der Waals surface area contributed by atoms with Gasteiger partial charge in [0, 0.05) is 12.1 Å². The van der Waals surface area contributed by atoms with Crippen molar-refractivity contribution in [2.24, 2.45) is 0 Å². The number of rotatable bonds is 8. The van der Waals surface area contributed by atoms with E-state index in [1.807, 2.05) is 95.9 Å².